The molecule has 36 heavy (non-hydrogen) atoms. The number of carbonyl (C=O) groups excluding carboxylic acids is 1. The van der Waals surface area contributed by atoms with Gasteiger partial charge in [-0.1, -0.05) is 0 Å². The van der Waals surface area contributed by atoms with Crippen molar-refractivity contribution in [3.63, 3.8) is 0 Å². The number of hydrogen-bond acceptors (Lipinski definition) is 8. The average Bonchev–Trinajstić information content (AvgIpc) is 3.64. The largest absolute Gasteiger partial charge is 0.469 e. The maximum Gasteiger partial charge on any atom is 0.308 e. The van der Waals surface area contributed by atoms with E-state index in [1.165, 1.54) is 25.5 Å². The number of nitrogens with one attached hydrogen (secondary N) is 1. The monoisotopic (exact) mass is 506 g/mol. The molecular formula is C28H34N4O3S. The molecule has 1 unspecified atom stereocenters. The molecule has 2 N–H and O–H groups in total. The van der Waals surface area contributed by atoms with Crippen LogP contribution in [0.5, 0.6) is 0 Å². The predicted molar refractivity (Wildman–Crippen MR) is 141 cm³/mol. The molecule has 8 heteroatoms. The Morgan fingerprint density at radius 2 is 1.94 bits per heavy atom. The summed E-state index contributed by atoms with van der Waals surface area (Å²) in [6.45, 7) is 2.07. The first-order chi connectivity index (χ1) is 17.5. The number of methoxy groups -OCH3 is 1. The number of thiazole rings is 1. The Kier molecular flexibility index (Phi) is 7.62. The summed E-state index contributed by atoms with van der Waals surface area (Å²) in [4.78, 5) is 26.7. The van der Waals surface area contributed by atoms with Crippen LogP contribution in [0.15, 0.2) is 36.7 Å². The Morgan fingerprint density at radius 1 is 1.14 bits per heavy atom. The molecule has 3 aromatic rings. The molecule has 3 heterocycles. The molecule has 0 radical (unpaired) electrons. The van der Waals surface area contributed by atoms with Gasteiger partial charge in [-0.05, 0) is 99.1 Å². The second kappa shape index (κ2) is 11.0. The number of rotatable bonds is 9. The van der Waals surface area contributed by atoms with Gasteiger partial charge in [-0.15, -0.1) is 11.3 Å². The van der Waals surface area contributed by atoms with Crippen LogP contribution in [0.25, 0.3) is 10.6 Å². The molecule has 0 aromatic carbocycles. The highest BCUT2D eigenvalue weighted by molar-refractivity contribution is 7.15. The molecule has 190 valence electrons. The molecule has 0 amide bonds. The lowest BCUT2D eigenvalue weighted by molar-refractivity contribution is -0.147. The zero-order valence-corrected chi connectivity index (χ0v) is 21.8. The number of pyridine rings is 2. The first-order valence-electron chi connectivity index (χ1n) is 12.9. The van der Waals surface area contributed by atoms with E-state index in [4.69, 9.17) is 9.72 Å². The van der Waals surface area contributed by atoms with Crippen molar-refractivity contribution in [2.75, 3.05) is 12.4 Å². The Hall–Kier alpha value is -2.84. The molecule has 2 fully saturated rings. The maximum atomic E-state index is 11.7. The van der Waals surface area contributed by atoms with E-state index < -0.39 is 0 Å². The van der Waals surface area contributed by atoms with E-state index >= 15 is 0 Å². The van der Waals surface area contributed by atoms with Crippen LogP contribution in [0.4, 0.5) is 11.6 Å². The van der Waals surface area contributed by atoms with Crippen molar-refractivity contribution in [2.45, 2.75) is 70.3 Å². The highest BCUT2D eigenvalue weighted by atomic mass is 32.1. The molecule has 1 atom stereocenters. The highest BCUT2D eigenvalue weighted by Crippen LogP contribution is 2.40. The summed E-state index contributed by atoms with van der Waals surface area (Å²) in [6, 6.07) is 8.33. The lowest BCUT2D eigenvalue weighted by Crippen LogP contribution is -2.29. The summed E-state index contributed by atoms with van der Waals surface area (Å²) >= 11 is 1.63. The Bertz CT molecular complexity index is 1200. The number of aliphatic hydroxyl groups is 1. The van der Waals surface area contributed by atoms with E-state index in [2.05, 4.69) is 40.4 Å². The first-order valence-corrected chi connectivity index (χ1v) is 13.7. The third-order valence-electron chi connectivity index (χ3n) is 7.37. The molecule has 0 spiro atoms. The van der Waals surface area contributed by atoms with Crippen LogP contribution in [0.1, 0.15) is 67.0 Å². The summed E-state index contributed by atoms with van der Waals surface area (Å²) in [5.41, 5.74) is 3.35. The van der Waals surface area contributed by atoms with E-state index in [0.717, 1.165) is 64.9 Å². The second-order valence-electron chi connectivity index (χ2n) is 10.1. The molecule has 5 rings (SSSR count). The van der Waals surface area contributed by atoms with Gasteiger partial charge >= 0.3 is 5.97 Å². The molecule has 2 saturated carbocycles. The van der Waals surface area contributed by atoms with Gasteiger partial charge < -0.3 is 15.2 Å². The predicted octanol–water partition coefficient (Wildman–Crippen LogP) is 5.80. The van der Waals surface area contributed by atoms with Crippen LogP contribution in [-0.2, 0) is 16.0 Å². The van der Waals surface area contributed by atoms with Crippen molar-refractivity contribution in [2.24, 2.45) is 11.8 Å². The number of carbonyl (C=O) groups is 1. The summed E-state index contributed by atoms with van der Waals surface area (Å²) < 4.78 is 4.87. The van der Waals surface area contributed by atoms with Gasteiger partial charge in [0.25, 0.3) is 0 Å². The summed E-state index contributed by atoms with van der Waals surface area (Å²) in [6.07, 6.45) is 10.6. The zero-order valence-electron chi connectivity index (χ0n) is 20.9. The van der Waals surface area contributed by atoms with Crippen LogP contribution in [0, 0.1) is 18.8 Å². The molecule has 2 aliphatic carbocycles. The topological polar surface area (TPSA) is 97.2 Å². The SMILES string of the molecule is COC(=O)C1CCC(C(O)CCc2ncc(-c3cc(C)cc(Nc4cc(C5CC5)ccn4)n3)s2)CC1. The van der Waals surface area contributed by atoms with Gasteiger partial charge in [0.1, 0.15) is 11.6 Å². The Labute approximate surface area is 216 Å². The minimum atomic E-state index is -0.372. The van der Waals surface area contributed by atoms with E-state index in [1.807, 2.05) is 18.5 Å². The van der Waals surface area contributed by atoms with Gasteiger partial charge in [0.15, 0.2) is 0 Å². The molecular weight excluding hydrogens is 472 g/mol. The summed E-state index contributed by atoms with van der Waals surface area (Å²) in [5.74, 6) is 2.38. The van der Waals surface area contributed by atoms with Crippen LogP contribution in [0.3, 0.4) is 0 Å². The molecule has 7 nitrogen and oxygen atoms in total. The van der Waals surface area contributed by atoms with E-state index in [0.29, 0.717) is 12.3 Å². The van der Waals surface area contributed by atoms with Crippen LogP contribution >= 0.6 is 11.3 Å². The standard InChI is InChI=1S/C28H34N4O3S/c1-17-13-22(31-26(14-17)32-25-15-21(11-12-29-25)18-3-4-18)24-16-30-27(36-24)10-9-23(33)19-5-7-20(8-6-19)28(34)35-2/h11-16,18-20,23,33H,3-10H2,1-2H3,(H,29,31,32). The van der Waals surface area contributed by atoms with E-state index in [9.17, 15) is 9.90 Å². The minimum Gasteiger partial charge on any atom is -0.469 e. The average molecular weight is 507 g/mol. The lowest BCUT2D eigenvalue weighted by Gasteiger charge is -2.30. The van der Waals surface area contributed by atoms with Gasteiger partial charge in [0, 0.05) is 18.8 Å². The zero-order chi connectivity index (χ0) is 25.1. The van der Waals surface area contributed by atoms with Crippen molar-refractivity contribution in [3.8, 4) is 10.6 Å². The fraction of sp³-hybridized carbons (Fsp3) is 0.500. The van der Waals surface area contributed by atoms with Crippen molar-refractivity contribution < 1.29 is 14.6 Å². The van der Waals surface area contributed by atoms with Crippen LogP contribution in [-0.4, -0.2) is 39.2 Å². The number of aliphatic hydroxyl groups excluding tert-OH is 1. The molecule has 3 aromatic heterocycles. The normalized spacial score (nSPS) is 20.6. The summed E-state index contributed by atoms with van der Waals surface area (Å²) in [5, 5.41) is 15.1. The van der Waals surface area contributed by atoms with Crippen molar-refractivity contribution >= 4 is 28.9 Å². The van der Waals surface area contributed by atoms with Gasteiger partial charge in [0.05, 0.1) is 34.7 Å². The van der Waals surface area contributed by atoms with Gasteiger partial charge in [-0.25, -0.2) is 15.0 Å². The van der Waals surface area contributed by atoms with Gasteiger partial charge in [-0.2, -0.15) is 0 Å². The van der Waals surface area contributed by atoms with Crippen LogP contribution in [0.2, 0.25) is 0 Å². The Balaban J connectivity index is 1.18. The highest BCUT2D eigenvalue weighted by Gasteiger charge is 2.30. The number of ether oxygens (including phenoxy) is 1. The molecule has 0 aliphatic heterocycles. The number of aromatic nitrogens is 3. The number of esters is 1. The fourth-order valence-corrected chi connectivity index (χ4v) is 6.03. The molecule has 2 aliphatic rings. The first kappa shape index (κ1) is 24.8. The number of hydrogen-bond donors (Lipinski definition) is 2. The van der Waals surface area contributed by atoms with Crippen molar-refractivity contribution in [1.82, 2.24) is 15.0 Å². The van der Waals surface area contributed by atoms with Gasteiger partial charge in [-0.3, -0.25) is 4.79 Å². The maximum absolute atomic E-state index is 11.7. The van der Waals surface area contributed by atoms with Gasteiger partial charge in [0.2, 0.25) is 0 Å². The van der Waals surface area contributed by atoms with E-state index in [1.54, 1.807) is 11.3 Å². The van der Waals surface area contributed by atoms with Crippen molar-refractivity contribution in [1.29, 1.82) is 0 Å². The fourth-order valence-electron chi connectivity index (χ4n) is 5.13. The lowest BCUT2D eigenvalue weighted by atomic mass is 9.78. The number of nitrogens with zero attached hydrogens (tertiary/aromatic N) is 3. The molecule has 0 saturated heterocycles. The summed E-state index contributed by atoms with van der Waals surface area (Å²) in [7, 11) is 1.44. The Morgan fingerprint density at radius 3 is 2.69 bits per heavy atom. The molecule has 0 bridgehead atoms. The third kappa shape index (κ3) is 6.10. The number of anilines is 2. The number of aryl methyl sites for hydroxylation is 2. The smallest absolute Gasteiger partial charge is 0.308 e. The second-order valence-corrected chi connectivity index (χ2v) is 11.3. The third-order valence-corrected chi connectivity index (χ3v) is 8.45. The van der Waals surface area contributed by atoms with Crippen molar-refractivity contribution in [3.05, 3.63) is 52.8 Å². The van der Waals surface area contributed by atoms with E-state index in [-0.39, 0.29) is 23.9 Å². The minimum absolute atomic E-state index is 0.0147. The quantitative estimate of drug-likeness (QED) is 0.354. The van der Waals surface area contributed by atoms with Crippen LogP contribution < -0.4 is 5.32 Å².